The molecule has 0 atom stereocenters. The maximum Gasteiger partial charge on any atom is 0.246 e. The number of amides is 1. The molecule has 1 aromatic heterocycles. The molecule has 0 aliphatic carbocycles. The quantitative estimate of drug-likeness (QED) is 0.627. The Morgan fingerprint density at radius 3 is 2.43 bits per heavy atom. The van der Waals surface area contributed by atoms with Crippen molar-refractivity contribution in [3.8, 4) is 11.4 Å². The molecule has 0 unspecified atom stereocenters. The highest BCUT2D eigenvalue weighted by molar-refractivity contribution is 6.30. The van der Waals surface area contributed by atoms with Gasteiger partial charge >= 0.3 is 0 Å². The first-order valence-corrected chi connectivity index (χ1v) is 10.4. The molecule has 1 amide bonds. The lowest BCUT2D eigenvalue weighted by molar-refractivity contribution is -0.123. The Balaban J connectivity index is 1.19. The van der Waals surface area contributed by atoms with Gasteiger partial charge in [0.15, 0.2) is 0 Å². The van der Waals surface area contributed by atoms with Gasteiger partial charge in [-0.2, -0.15) is 4.98 Å². The Labute approximate surface area is 180 Å². The van der Waals surface area contributed by atoms with Gasteiger partial charge in [0.1, 0.15) is 0 Å². The second-order valence-corrected chi connectivity index (χ2v) is 7.77. The van der Waals surface area contributed by atoms with Crippen LogP contribution in [0.15, 0.2) is 59.1 Å². The number of hydrogen-bond acceptors (Lipinski definition) is 6. The molecule has 0 radical (unpaired) electrons. The Bertz CT molecular complexity index is 953. The highest BCUT2D eigenvalue weighted by Crippen LogP contribution is 2.18. The summed E-state index contributed by atoms with van der Waals surface area (Å²) in [5.74, 6) is 0.809. The van der Waals surface area contributed by atoms with Gasteiger partial charge in [0, 0.05) is 43.3 Å². The van der Waals surface area contributed by atoms with E-state index < -0.39 is 0 Å². The molecule has 156 valence electrons. The number of benzene rings is 2. The first-order valence-electron chi connectivity index (χ1n) is 9.99. The zero-order valence-electron chi connectivity index (χ0n) is 16.6. The molecular formula is C22H24ClN5O2. The van der Waals surface area contributed by atoms with Crippen LogP contribution in [0.4, 0.5) is 0 Å². The van der Waals surface area contributed by atoms with Crippen molar-refractivity contribution in [2.45, 2.75) is 13.1 Å². The minimum atomic E-state index is -0.0437. The maximum absolute atomic E-state index is 12.3. The molecule has 3 aromatic rings. The third-order valence-electron chi connectivity index (χ3n) is 5.09. The number of rotatable bonds is 7. The van der Waals surface area contributed by atoms with Crippen LogP contribution in [0.1, 0.15) is 11.5 Å². The molecular weight excluding hydrogens is 402 g/mol. The molecule has 2 aromatic carbocycles. The summed E-state index contributed by atoms with van der Waals surface area (Å²) in [5, 5.41) is 7.46. The van der Waals surface area contributed by atoms with E-state index in [9.17, 15) is 4.79 Å². The molecule has 7 nitrogen and oxygen atoms in total. The van der Waals surface area contributed by atoms with Crippen molar-refractivity contribution in [3.05, 3.63) is 71.1 Å². The number of carbonyl (C=O) groups is 1. The average molecular weight is 426 g/mol. The first kappa shape index (κ1) is 20.5. The van der Waals surface area contributed by atoms with E-state index in [-0.39, 0.29) is 12.5 Å². The summed E-state index contributed by atoms with van der Waals surface area (Å²) in [4.78, 5) is 21.2. The monoisotopic (exact) mass is 425 g/mol. The second kappa shape index (κ2) is 9.84. The zero-order valence-corrected chi connectivity index (χ0v) is 17.4. The summed E-state index contributed by atoms with van der Waals surface area (Å²) in [6.45, 7) is 5.20. The Morgan fingerprint density at radius 1 is 1.00 bits per heavy atom. The van der Waals surface area contributed by atoms with E-state index in [0.717, 1.165) is 38.3 Å². The second-order valence-electron chi connectivity index (χ2n) is 7.33. The minimum Gasteiger partial charge on any atom is -0.346 e. The fourth-order valence-corrected chi connectivity index (χ4v) is 3.55. The lowest BCUT2D eigenvalue weighted by Gasteiger charge is -2.34. The highest BCUT2D eigenvalue weighted by Gasteiger charge is 2.19. The predicted octanol–water partition coefficient (Wildman–Crippen LogP) is 2.82. The lowest BCUT2D eigenvalue weighted by Crippen LogP contribution is -2.49. The number of nitrogens with zero attached hydrogens (tertiary/aromatic N) is 4. The highest BCUT2D eigenvalue weighted by atomic mass is 35.5. The van der Waals surface area contributed by atoms with Gasteiger partial charge in [-0.25, -0.2) is 0 Å². The van der Waals surface area contributed by atoms with Crippen LogP contribution in [-0.4, -0.2) is 58.6 Å². The Kier molecular flexibility index (Phi) is 6.74. The largest absolute Gasteiger partial charge is 0.346 e. The molecule has 1 aliphatic rings. The Hall–Kier alpha value is -2.74. The standard InChI is InChI=1S/C22H24ClN5O2/c23-19-8-6-18(7-9-19)22-25-21(30-26-22)14-24-20(29)16-28-12-10-27(11-13-28)15-17-4-2-1-3-5-17/h1-9H,10-16H2,(H,24,29). The van der Waals surface area contributed by atoms with Gasteiger partial charge in [0.05, 0.1) is 13.1 Å². The topological polar surface area (TPSA) is 74.5 Å². The van der Waals surface area contributed by atoms with Crippen LogP contribution in [0, 0.1) is 0 Å². The van der Waals surface area contributed by atoms with Crippen LogP contribution >= 0.6 is 11.6 Å². The number of piperazine rings is 1. The van der Waals surface area contributed by atoms with Gasteiger partial charge in [0.25, 0.3) is 0 Å². The molecule has 0 spiro atoms. The van der Waals surface area contributed by atoms with Gasteiger partial charge in [-0.15, -0.1) is 0 Å². The fraction of sp³-hybridized carbons (Fsp3) is 0.318. The van der Waals surface area contributed by atoms with Crippen molar-refractivity contribution in [1.82, 2.24) is 25.3 Å². The lowest BCUT2D eigenvalue weighted by atomic mass is 10.2. The fourth-order valence-electron chi connectivity index (χ4n) is 3.42. The van der Waals surface area contributed by atoms with Crippen LogP contribution in [0.25, 0.3) is 11.4 Å². The predicted molar refractivity (Wildman–Crippen MR) is 115 cm³/mol. The molecule has 0 saturated carbocycles. The van der Waals surface area contributed by atoms with Crippen LogP contribution in [-0.2, 0) is 17.9 Å². The van der Waals surface area contributed by atoms with E-state index in [0.29, 0.717) is 23.3 Å². The maximum atomic E-state index is 12.3. The van der Waals surface area contributed by atoms with Crippen molar-refractivity contribution in [2.24, 2.45) is 0 Å². The molecule has 8 heteroatoms. The van der Waals surface area contributed by atoms with Crippen molar-refractivity contribution >= 4 is 17.5 Å². The minimum absolute atomic E-state index is 0.0437. The van der Waals surface area contributed by atoms with Crippen molar-refractivity contribution < 1.29 is 9.32 Å². The number of hydrogen-bond donors (Lipinski definition) is 1. The van der Waals surface area contributed by atoms with E-state index >= 15 is 0 Å². The third-order valence-corrected chi connectivity index (χ3v) is 5.34. The number of aromatic nitrogens is 2. The van der Waals surface area contributed by atoms with Gasteiger partial charge in [-0.1, -0.05) is 47.1 Å². The van der Waals surface area contributed by atoms with Crippen LogP contribution < -0.4 is 5.32 Å². The Morgan fingerprint density at radius 2 is 1.70 bits per heavy atom. The van der Waals surface area contributed by atoms with Crippen molar-refractivity contribution in [2.75, 3.05) is 32.7 Å². The van der Waals surface area contributed by atoms with Gasteiger partial charge in [-0.05, 0) is 29.8 Å². The average Bonchev–Trinajstić information content (AvgIpc) is 3.24. The molecule has 1 fully saturated rings. The van der Waals surface area contributed by atoms with Crippen LogP contribution in [0.2, 0.25) is 5.02 Å². The number of carbonyl (C=O) groups excluding carboxylic acids is 1. The summed E-state index contributed by atoms with van der Waals surface area (Å²) in [6, 6.07) is 17.7. The van der Waals surface area contributed by atoms with E-state index in [1.54, 1.807) is 12.1 Å². The molecule has 1 saturated heterocycles. The van der Waals surface area contributed by atoms with E-state index in [4.69, 9.17) is 16.1 Å². The van der Waals surface area contributed by atoms with Crippen LogP contribution in [0.3, 0.4) is 0 Å². The summed E-state index contributed by atoms with van der Waals surface area (Å²) in [6.07, 6.45) is 0. The zero-order chi connectivity index (χ0) is 20.8. The summed E-state index contributed by atoms with van der Waals surface area (Å²) in [7, 11) is 0. The molecule has 0 bridgehead atoms. The van der Waals surface area contributed by atoms with E-state index in [1.807, 2.05) is 18.2 Å². The number of halogens is 1. The van der Waals surface area contributed by atoms with E-state index in [2.05, 4.69) is 49.5 Å². The summed E-state index contributed by atoms with van der Waals surface area (Å²) < 4.78 is 5.23. The molecule has 2 heterocycles. The molecule has 4 rings (SSSR count). The SMILES string of the molecule is O=C(CN1CCN(Cc2ccccc2)CC1)NCc1nc(-c2ccc(Cl)cc2)no1. The molecule has 30 heavy (non-hydrogen) atoms. The molecule has 1 N–H and O–H groups in total. The first-order chi connectivity index (χ1) is 14.7. The summed E-state index contributed by atoms with van der Waals surface area (Å²) in [5.41, 5.74) is 2.13. The van der Waals surface area contributed by atoms with Crippen molar-refractivity contribution in [1.29, 1.82) is 0 Å². The molecule has 1 aliphatic heterocycles. The van der Waals surface area contributed by atoms with E-state index in [1.165, 1.54) is 5.56 Å². The van der Waals surface area contributed by atoms with Gasteiger partial charge in [-0.3, -0.25) is 14.6 Å². The van der Waals surface area contributed by atoms with Crippen LogP contribution in [0.5, 0.6) is 0 Å². The van der Waals surface area contributed by atoms with Crippen molar-refractivity contribution in [3.63, 3.8) is 0 Å². The number of nitrogens with one attached hydrogen (secondary N) is 1. The van der Waals surface area contributed by atoms with Gasteiger partial charge in [0.2, 0.25) is 17.6 Å². The normalized spacial score (nSPS) is 15.2. The third kappa shape index (κ3) is 5.66. The van der Waals surface area contributed by atoms with Gasteiger partial charge < -0.3 is 9.84 Å². The smallest absolute Gasteiger partial charge is 0.246 e. The summed E-state index contributed by atoms with van der Waals surface area (Å²) >= 11 is 5.89.